The van der Waals surface area contributed by atoms with E-state index in [0.29, 0.717) is 0 Å². The quantitative estimate of drug-likeness (QED) is 0.647. The molecule has 20 heavy (non-hydrogen) atoms. The summed E-state index contributed by atoms with van der Waals surface area (Å²) in [4.78, 5) is 21.3. The Morgan fingerprint density at radius 1 is 1.45 bits per heavy atom. The summed E-state index contributed by atoms with van der Waals surface area (Å²) in [5, 5.41) is 20.5. The molecular weight excluding hydrogens is 260 g/mol. The van der Waals surface area contributed by atoms with Crippen LogP contribution in [-0.4, -0.2) is 20.6 Å². The lowest BCUT2D eigenvalue weighted by molar-refractivity contribution is -0.384. The first kappa shape index (κ1) is 14.0. The fourth-order valence-corrected chi connectivity index (χ4v) is 2.46. The maximum absolute atomic E-state index is 11.0. The zero-order valence-corrected chi connectivity index (χ0v) is 11.2. The largest absolute Gasteiger partial charge is 0.481 e. The summed E-state index contributed by atoms with van der Waals surface area (Å²) in [7, 11) is 0. The molecule has 0 radical (unpaired) electrons. The highest BCUT2D eigenvalue weighted by molar-refractivity contribution is 5.83. The van der Waals surface area contributed by atoms with E-state index in [1.165, 1.54) is 12.1 Å². The second-order valence-corrected chi connectivity index (χ2v) is 4.76. The van der Waals surface area contributed by atoms with E-state index >= 15 is 0 Å². The number of non-ortho nitro benzene ring substituents is 1. The Labute approximate surface area is 115 Å². The van der Waals surface area contributed by atoms with Gasteiger partial charge in [0, 0.05) is 35.3 Å². The predicted molar refractivity (Wildman–Crippen MR) is 74.8 cm³/mol. The van der Waals surface area contributed by atoms with Crippen LogP contribution in [0.2, 0.25) is 0 Å². The molecule has 2 rings (SSSR count). The van der Waals surface area contributed by atoms with Crippen LogP contribution in [0.3, 0.4) is 0 Å². The lowest BCUT2D eigenvalue weighted by Gasteiger charge is -2.17. The number of carboxylic acid groups (broad SMARTS) is 1. The summed E-state index contributed by atoms with van der Waals surface area (Å²) in [6.45, 7) is 2.01. The van der Waals surface area contributed by atoms with Gasteiger partial charge in [0.05, 0.1) is 11.3 Å². The summed E-state index contributed by atoms with van der Waals surface area (Å²) in [6, 6.07) is 6.29. The number of nitrogens with zero attached hydrogens (tertiary/aromatic N) is 2. The van der Waals surface area contributed by atoms with Crippen molar-refractivity contribution in [3.63, 3.8) is 0 Å². The molecule has 1 aromatic carbocycles. The molecule has 1 unspecified atom stereocenters. The maximum atomic E-state index is 11.0. The highest BCUT2D eigenvalue weighted by Gasteiger charge is 2.17. The Balaban J connectivity index is 2.42. The zero-order valence-electron chi connectivity index (χ0n) is 11.2. The van der Waals surface area contributed by atoms with Crippen molar-refractivity contribution in [3.05, 3.63) is 40.6 Å². The van der Waals surface area contributed by atoms with E-state index < -0.39 is 10.9 Å². The van der Waals surface area contributed by atoms with Gasteiger partial charge in [-0.25, -0.2) is 0 Å². The number of hydrogen-bond donors (Lipinski definition) is 1. The average molecular weight is 276 g/mol. The molecule has 0 spiro atoms. The molecule has 6 nitrogen and oxygen atoms in total. The third kappa shape index (κ3) is 2.79. The topological polar surface area (TPSA) is 85.4 Å². The van der Waals surface area contributed by atoms with Gasteiger partial charge in [-0.1, -0.05) is 13.3 Å². The van der Waals surface area contributed by atoms with E-state index in [1.54, 1.807) is 18.3 Å². The molecule has 1 aromatic heterocycles. The normalized spacial score (nSPS) is 12.4. The number of aromatic nitrogens is 1. The number of carbonyl (C=O) groups is 1. The van der Waals surface area contributed by atoms with Crippen molar-refractivity contribution >= 4 is 22.6 Å². The lowest BCUT2D eigenvalue weighted by Crippen LogP contribution is -2.12. The van der Waals surface area contributed by atoms with E-state index in [1.807, 2.05) is 11.5 Å². The van der Waals surface area contributed by atoms with Crippen molar-refractivity contribution in [3.8, 4) is 0 Å². The number of benzene rings is 1. The minimum atomic E-state index is -0.841. The van der Waals surface area contributed by atoms with E-state index in [9.17, 15) is 14.9 Å². The van der Waals surface area contributed by atoms with E-state index in [4.69, 9.17) is 5.11 Å². The number of aliphatic carboxylic acids is 1. The molecule has 2 aromatic rings. The highest BCUT2D eigenvalue weighted by atomic mass is 16.6. The lowest BCUT2D eigenvalue weighted by atomic mass is 10.1. The standard InChI is InChI=1S/C14H16N2O4/c1-2-3-11(9-14(17)18)15-7-6-10-8-12(16(19)20)4-5-13(10)15/h4-8,11H,2-3,9H2,1H3,(H,17,18). The number of fused-ring (bicyclic) bond motifs is 1. The summed E-state index contributed by atoms with van der Waals surface area (Å²) in [5.74, 6) is -0.841. The van der Waals surface area contributed by atoms with Crippen LogP contribution in [0.4, 0.5) is 5.69 Å². The second kappa shape index (κ2) is 5.73. The van der Waals surface area contributed by atoms with Crippen molar-refractivity contribution in [2.75, 3.05) is 0 Å². The van der Waals surface area contributed by atoms with Crippen LogP contribution in [0.5, 0.6) is 0 Å². The van der Waals surface area contributed by atoms with Crippen LogP contribution >= 0.6 is 0 Å². The van der Waals surface area contributed by atoms with Crippen LogP contribution < -0.4 is 0 Å². The van der Waals surface area contributed by atoms with Crippen LogP contribution in [0, 0.1) is 10.1 Å². The Hall–Kier alpha value is -2.37. The van der Waals surface area contributed by atoms with Gasteiger partial charge in [0.1, 0.15) is 0 Å². The molecule has 0 aliphatic heterocycles. The third-order valence-electron chi connectivity index (χ3n) is 3.34. The van der Waals surface area contributed by atoms with Gasteiger partial charge in [0.25, 0.3) is 5.69 Å². The summed E-state index contributed by atoms with van der Waals surface area (Å²) >= 11 is 0. The number of rotatable bonds is 6. The molecule has 0 amide bonds. The highest BCUT2D eigenvalue weighted by Crippen LogP contribution is 2.28. The molecule has 1 heterocycles. The molecule has 0 aliphatic carbocycles. The van der Waals surface area contributed by atoms with Gasteiger partial charge in [-0.15, -0.1) is 0 Å². The van der Waals surface area contributed by atoms with Gasteiger partial charge in [0.15, 0.2) is 0 Å². The SMILES string of the molecule is CCCC(CC(=O)O)n1ccc2cc([N+](=O)[O-])ccc21. The molecule has 6 heteroatoms. The molecule has 0 fully saturated rings. The summed E-state index contributed by atoms with van der Waals surface area (Å²) in [6.07, 6.45) is 3.49. The van der Waals surface area contributed by atoms with Crippen molar-refractivity contribution in [2.45, 2.75) is 32.2 Å². The van der Waals surface area contributed by atoms with Crippen LogP contribution in [-0.2, 0) is 4.79 Å². The van der Waals surface area contributed by atoms with Crippen LogP contribution in [0.1, 0.15) is 32.2 Å². The van der Waals surface area contributed by atoms with Gasteiger partial charge >= 0.3 is 5.97 Å². The van der Waals surface area contributed by atoms with Crippen LogP contribution in [0.25, 0.3) is 10.9 Å². The molecule has 1 N–H and O–H groups in total. The van der Waals surface area contributed by atoms with Gasteiger partial charge in [0.2, 0.25) is 0 Å². The zero-order chi connectivity index (χ0) is 14.7. The van der Waals surface area contributed by atoms with Crippen LogP contribution in [0.15, 0.2) is 30.5 Å². The van der Waals surface area contributed by atoms with E-state index in [0.717, 1.165) is 23.7 Å². The Morgan fingerprint density at radius 2 is 2.20 bits per heavy atom. The molecule has 0 saturated heterocycles. The monoisotopic (exact) mass is 276 g/mol. The van der Waals surface area contributed by atoms with Crippen molar-refractivity contribution in [2.24, 2.45) is 0 Å². The average Bonchev–Trinajstić information content (AvgIpc) is 2.80. The Bertz CT molecular complexity index is 648. The van der Waals surface area contributed by atoms with Crippen molar-refractivity contribution in [1.82, 2.24) is 4.57 Å². The van der Waals surface area contributed by atoms with Crippen molar-refractivity contribution in [1.29, 1.82) is 0 Å². The Kier molecular flexibility index (Phi) is 4.02. The fourth-order valence-electron chi connectivity index (χ4n) is 2.46. The number of nitro groups is 1. The molecule has 0 saturated carbocycles. The number of carboxylic acids is 1. The van der Waals surface area contributed by atoms with E-state index in [-0.39, 0.29) is 18.2 Å². The summed E-state index contributed by atoms with van der Waals surface area (Å²) < 4.78 is 1.90. The first-order valence-electron chi connectivity index (χ1n) is 6.49. The van der Waals surface area contributed by atoms with Gasteiger partial charge in [-0.3, -0.25) is 14.9 Å². The molecule has 0 aliphatic rings. The molecule has 1 atom stereocenters. The first-order valence-corrected chi connectivity index (χ1v) is 6.49. The molecular formula is C14H16N2O4. The van der Waals surface area contributed by atoms with Gasteiger partial charge < -0.3 is 9.67 Å². The van der Waals surface area contributed by atoms with E-state index in [2.05, 4.69) is 0 Å². The first-order chi connectivity index (χ1) is 9.52. The summed E-state index contributed by atoms with van der Waals surface area (Å²) in [5.41, 5.74) is 0.871. The van der Waals surface area contributed by atoms with Gasteiger partial charge in [-0.2, -0.15) is 0 Å². The fraction of sp³-hybridized carbons (Fsp3) is 0.357. The predicted octanol–water partition coefficient (Wildman–Crippen LogP) is 3.37. The maximum Gasteiger partial charge on any atom is 0.305 e. The molecule has 106 valence electrons. The second-order valence-electron chi connectivity index (χ2n) is 4.76. The minimum Gasteiger partial charge on any atom is -0.481 e. The Morgan fingerprint density at radius 3 is 2.80 bits per heavy atom. The third-order valence-corrected chi connectivity index (χ3v) is 3.34. The number of nitro benzene ring substituents is 1. The minimum absolute atomic E-state index is 0.0422. The van der Waals surface area contributed by atoms with Crippen molar-refractivity contribution < 1.29 is 14.8 Å². The smallest absolute Gasteiger partial charge is 0.305 e. The number of hydrogen-bond acceptors (Lipinski definition) is 3. The molecule has 0 bridgehead atoms. The van der Waals surface area contributed by atoms with Gasteiger partial charge in [-0.05, 0) is 18.6 Å².